The normalized spacial score (nSPS) is 20.1. The summed E-state index contributed by atoms with van der Waals surface area (Å²) in [4.78, 5) is 17.9. The van der Waals surface area contributed by atoms with Crippen LogP contribution >= 0.6 is 0 Å². The molecule has 1 aliphatic heterocycles. The van der Waals surface area contributed by atoms with E-state index in [1.165, 1.54) is 38.4 Å². The number of rotatable bonds is 7. The summed E-state index contributed by atoms with van der Waals surface area (Å²) in [6, 6.07) is 6.56. The van der Waals surface area contributed by atoms with Gasteiger partial charge in [0.1, 0.15) is 17.3 Å². The first-order chi connectivity index (χ1) is 16.8. The van der Waals surface area contributed by atoms with E-state index in [0.29, 0.717) is 6.20 Å². The zero-order chi connectivity index (χ0) is 26.7. The van der Waals surface area contributed by atoms with Crippen LogP contribution in [0.2, 0.25) is 0 Å². The number of benzene rings is 1. The monoisotopic (exact) mass is 513 g/mol. The number of halogens is 6. The molecule has 0 saturated carbocycles. The highest BCUT2D eigenvalue weighted by atomic mass is 19.4. The highest BCUT2D eigenvalue weighted by Gasteiger charge is 2.47. The number of likely N-dealkylation sites (tertiary alicyclic amines) is 1. The molecular weight excluding hydrogens is 488 g/mol. The highest BCUT2D eigenvalue weighted by Crippen LogP contribution is 2.35. The number of pyridine rings is 1. The second-order valence-electron chi connectivity index (χ2n) is 8.55. The molecule has 0 spiro atoms. The molecule has 1 aromatic carbocycles. The van der Waals surface area contributed by atoms with E-state index >= 15 is 0 Å². The molecule has 3 N–H and O–H groups in total. The number of nitrogens with one attached hydrogen (secondary N) is 3. The molecule has 0 aliphatic carbocycles. The molecule has 2 atom stereocenters. The average Bonchev–Trinajstić information content (AvgIpc) is 2.80. The molecule has 2 aromatic rings. The van der Waals surface area contributed by atoms with Crippen molar-refractivity contribution in [1.29, 1.82) is 5.41 Å². The molecule has 1 aromatic heterocycles. The van der Waals surface area contributed by atoms with Gasteiger partial charge >= 0.3 is 6.18 Å². The van der Waals surface area contributed by atoms with Crippen molar-refractivity contribution in [3.8, 4) is 0 Å². The first-order valence-corrected chi connectivity index (χ1v) is 11.0. The SMILES string of the molecule is CN/C=C(\C(=N)C(=O)N1CC(F)(F)C[C@@H](C)C1CNc1ccc(C(F)(F)F)cn1)c1ccccc1F. The minimum atomic E-state index is -4.56. The van der Waals surface area contributed by atoms with Crippen molar-refractivity contribution in [3.05, 3.63) is 65.7 Å². The number of piperidine rings is 1. The number of alkyl halides is 5. The van der Waals surface area contributed by atoms with Crippen LogP contribution in [0.5, 0.6) is 0 Å². The molecule has 1 amide bonds. The summed E-state index contributed by atoms with van der Waals surface area (Å²) in [7, 11) is 1.49. The van der Waals surface area contributed by atoms with Gasteiger partial charge in [0.25, 0.3) is 11.8 Å². The summed E-state index contributed by atoms with van der Waals surface area (Å²) in [5.41, 5.74) is -1.79. The molecule has 0 radical (unpaired) electrons. The van der Waals surface area contributed by atoms with Gasteiger partial charge in [-0.2, -0.15) is 13.2 Å². The Balaban J connectivity index is 1.85. The molecule has 1 unspecified atom stereocenters. The number of carbonyl (C=O) groups excluding carboxylic acids is 1. The van der Waals surface area contributed by atoms with Crippen LogP contribution in [0, 0.1) is 17.1 Å². The quantitative estimate of drug-likeness (QED) is 0.367. The lowest BCUT2D eigenvalue weighted by atomic mass is 9.87. The van der Waals surface area contributed by atoms with Gasteiger partial charge in [0.2, 0.25) is 0 Å². The molecule has 1 aliphatic rings. The van der Waals surface area contributed by atoms with Crippen LogP contribution in [0.3, 0.4) is 0 Å². The van der Waals surface area contributed by atoms with Gasteiger partial charge in [0.15, 0.2) is 0 Å². The topological polar surface area (TPSA) is 81.1 Å². The van der Waals surface area contributed by atoms with Crippen molar-refractivity contribution in [2.75, 3.05) is 25.5 Å². The van der Waals surface area contributed by atoms with E-state index in [1.54, 1.807) is 0 Å². The number of anilines is 1. The zero-order valence-corrected chi connectivity index (χ0v) is 19.5. The lowest BCUT2D eigenvalue weighted by molar-refractivity contribution is -0.145. The fourth-order valence-corrected chi connectivity index (χ4v) is 4.12. The molecule has 0 bridgehead atoms. The highest BCUT2D eigenvalue weighted by molar-refractivity contribution is 6.54. The van der Waals surface area contributed by atoms with E-state index in [0.717, 1.165) is 23.1 Å². The van der Waals surface area contributed by atoms with E-state index in [9.17, 15) is 31.1 Å². The number of aromatic nitrogens is 1. The van der Waals surface area contributed by atoms with Crippen LogP contribution < -0.4 is 10.6 Å². The summed E-state index contributed by atoms with van der Waals surface area (Å²) in [6.45, 7) is 0.458. The first-order valence-electron chi connectivity index (χ1n) is 11.0. The summed E-state index contributed by atoms with van der Waals surface area (Å²) < 4.78 is 81.7. The van der Waals surface area contributed by atoms with Gasteiger partial charge in [-0.3, -0.25) is 10.2 Å². The van der Waals surface area contributed by atoms with E-state index in [4.69, 9.17) is 5.41 Å². The Hall–Kier alpha value is -3.57. The van der Waals surface area contributed by atoms with Crippen molar-refractivity contribution < 1.29 is 31.1 Å². The standard InChI is InChI=1S/C24H25F6N5O/c1-14-9-23(26,27)13-35(19(14)12-34-20-8-7-15(10-33-20)24(28,29)30)22(36)21(31)17(11-32-2)16-5-3-4-6-18(16)25/h3-8,10-11,14,19,31-32H,9,12-13H2,1-2H3,(H,33,34)/b17-11-,31-21?/t14-,19?/m1/s1. The summed E-state index contributed by atoms with van der Waals surface area (Å²) in [6.07, 6.45) is -3.20. The predicted molar refractivity (Wildman–Crippen MR) is 123 cm³/mol. The third-order valence-electron chi connectivity index (χ3n) is 5.86. The number of hydrogen-bond donors (Lipinski definition) is 3. The molecule has 2 heterocycles. The van der Waals surface area contributed by atoms with Gasteiger partial charge in [-0.25, -0.2) is 18.2 Å². The minimum absolute atomic E-state index is 0.0503. The van der Waals surface area contributed by atoms with E-state index < -0.39 is 60.0 Å². The average molecular weight is 513 g/mol. The van der Waals surface area contributed by atoms with E-state index in [-0.39, 0.29) is 23.5 Å². The molecular formula is C24H25F6N5O. The Morgan fingerprint density at radius 1 is 1.25 bits per heavy atom. The number of nitrogens with zero attached hydrogens (tertiary/aromatic N) is 2. The summed E-state index contributed by atoms with van der Waals surface area (Å²) in [5, 5.41) is 13.9. The maximum absolute atomic E-state index is 14.5. The van der Waals surface area contributed by atoms with Gasteiger partial charge in [0.05, 0.1) is 18.2 Å². The summed E-state index contributed by atoms with van der Waals surface area (Å²) >= 11 is 0. The largest absolute Gasteiger partial charge is 0.417 e. The number of amides is 1. The van der Waals surface area contributed by atoms with Gasteiger partial charge in [-0.05, 0) is 24.1 Å². The Morgan fingerprint density at radius 3 is 2.53 bits per heavy atom. The second-order valence-corrected chi connectivity index (χ2v) is 8.55. The van der Waals surface area contributed by atoms with Crippen LogP contribution in [0.4, 0.5) is 32.2 Å². The second kappa shape index (κ2) is 10.6. The maximum atomic E-state index is 14.5. The van der Waals surface area contributed by atoms with Crippen molar-refractivity contribution in [1.82, 2.24) is 15.2 Å². The minimum Gasteiger partial charge on any atom is -0.393 e. The fourth-order valence-electron chi connectivity index (χ4n) is 4.12. The molecule has 3 rings (SSSR count). The fraction of sp³-hybridized carbons (Fsp3) is 0.375. The van der Waals surface area contributed by atoms with Gasteiger partial charge in [-0.15, -0.1) is 0 Å². The number of carbonyl (C=O) groups is 1. The van der Waals surface area contributed by atoms with Crippen molar-refractivity contribution in [2.24, 2.45) is 5.92 Å². The molecule has 1 saturated heterocycles. The lowest BCUT2D eigenvalue weighted by Crippen LogP contribution is -2.58. The molecule has 194 valence electrons. The Bertz CT molecular complexity index is 1130. The zero-order valence-electron chi connectivity index (χ0n) is 19.5. The Kier molecular flexibility index (Phi) is 7.95. The molecule has 36 heavy (non-hydrogen) atoms. The van der Waals surface area contributed by atoms with E-state index in [1.807, 2.05) is 0 Å². The van der Waals surface area contributed by atoms with Crippen molar-refractivity contribution >= 4 is 23.0 Å². The van der Waals surface area contributed by atoms with E-state index in [2.05, 4.69) is 15.6 Å². The van der Waals surface area contributed by atoms with Gasteiger partial charge in [0, 0.05) is 43.5 Å². The van der Waals surface area contributed by atoms with Crippen LogP contribution in [-0.2, 0) is 11.0 Å². The van der Waals surface area contributed by atoms with Crippen LogP contribution in [0.15, 0.2) is 48.8 Å². The van der Waals surface area contributed by atoms with Crippen molar-refractivity contribution in [3.63, 3.8) is 0 Å². The Morgan fingerprint density at radius 2 is 1.94 bits per heavy atom. The Labute approximate surface area is 203 Å². The van der Waals surface area contributed by atoms with Crippen LogP contribution in [0.25, 0.3) is 5.57 Å². The van der Waals surface area contributed by atoms with Gasteiger partial charge in [-0.1, -0.05) is 25.1 Å². The summed E-state index contributed by atoms with van der Waals surface area (Å²) in [5.74, 6) is -5.60. The predicted octanol–water partition coefficient (Wildman–Crippen LogP) is 4.80. The molecule has 12 heteroatoms. The lowest BCUT2D eigenvalue weighted by Gasteiger charge is -2.43. The van der Waals surface area contributed by atoms with Gasteiger partial charge < -0.3 is 15.5 Å². The molecule has 1 fully saturated rings. The number of hydrogen-bond acceptors (Lipinski definition) is 5. The third-order valence-corrected chi connectivity index (χ3v) is 5.86. The first kappa shape index (κ1) is 27.0. The van der Waals surface area contributed by atoms with Crippen molar-refractivity contribution in [2.45, 2.75) is 31.5 Å². The maximum Gasteiger partial charge on any atom is 0.417 e. The van der Waals surface area contributed by atoms with Crippen LogP contribution in [-0.4, -0.2) is 53.6 Å². The third kappa shape index (κ3) is 6.16. The smallest absolute Gasteiger partial charge is 0.393 e. The molecule has 6 nitrogen and oxygen atoms in total. The van der Waals surface area contributed by atoms with Crippen LogP contribution in [0.1, 0.15) is 24.5 Å².